The minimum absolute atomic E-state index is 0.000400. The maximum absolute atomic E-state index is 12.3. The van der Waals surface area contributed by atoms with Crippen molar-refractivity contribution in [3.8, 4) is 11.3 Å². The first-order valence-corrected chi connectivity index (χ1v) is 7.54. The van der Waals surface area contributed by atoms with Crippen molar-refractivity contribution < 1.29 is 0 Å². The minimum Gasteiger partial charge on any atom is -0.321 e. The molecule has 4 rings (SSSR count). The summed E-state index contributed by atoms with van der Waals surface area (Å²) in [4.78, 5) is 17.5. The van der Waals surface area contributed by atoms with E-state index in [9.17, 15) is 4.79 Å². The van der Waals surface area contributed by atoms with E-state index in [1.54, 1.807) is 0 Å². The molecule has 22 heavy (non-hydrogen) atoms. The van der Waals surface area contributed by atoms with Gasteiger partial charge in [-0.05, 0) is 42.2 Å². The van der Waals surface area contributed by atoms with Crippen LogP contribution in [0.3, 0.4) is 0 Å². The van der Waals surface area contributed by atoms with Crippen molar-refractivity contribution >= 4 is 10.8 Å². The molecule has 1 aliphatic rings. The van der Waals surface area contributed by atoms with Crippen LogP contribution in [0.4, 0.5) is 0 Å². The van der Waals surface area contributed by atoms with Gasteiger partial charge in [0.2, 0.25) is 0 Å². The molecule has 0 bridgehead atoms. The molecule has 0 amide bonds. The predicted molar refractivity (Wildman–Crippen MR) is 90.2 cm³/mol. The van der Waals surface area contributed by atoms with Crippen LogP contribution >= 0.6 is 0 Å². The van der Waals surface area contributed by atoms with Gasteiger partial charge < -0.3 is 9.88 Å². The summed E-state index contributed by atoms with van der Waals surface area (Å²) in [6.45, 7) is 0.931. The Labute approximate surface area is 129 Å². The van der Waals surface area contributed by atoms with Crippen LogP contribution in [0, 0.1) is 0 Å². The smallest absolute Gasteiger partial charge is 0.256 e. The van der Waals surface area contributed by atoms with Gasteiger partial charge in [0, 0.05) is 23.9 Å². The van der Waals surface area contributed by atoms with Gasteiger partial charge in [0.05, 0.1) is 5.69 Å². The molecule has 0 saturated carbocycles. The van der Waals surface area contributed by atoms with Crippen LogP contribution in [0.15, 0.2) is 47.3 Å². The second-order valence-electron chi connectivity index (χ2n) is 6.26. The molecule has 3 aromatic rings. The van der Waals surface area contributed by atoms with E-state index in [-0.39, 0.29) is 5.56 Å². The van der Waals surface area contributed by atoms with Gasteiger partial charge in [-0.25, -0.2) is 0 Å². The standard InChI is InChI=1S/C19H18N2O/c1-21(2)11-12-7-8-14-13(9-12)10-17-15-5-3-4-6-16(15)19(22)20-18(14)17/h3-9H,10-11H2,1-2H3,(H,20,22). The summed E-state index contributed by atoms with van der Waals surface area (Å²) >= 11 is 0. The molecular formula is C19H18N2O. The highest BCUT2D eigenvalue weighted by Gasteiger charge is 2.22. The fourth-order valence-corrected chi connectivity index (χ4v) is 3.44. The highest BCUT2D eigenvalue weighted by molar-refractivity contribution is 5.92. The Morgan fingerprint density at radius 1 is 1.09 bits per heavy atom. The van der Waals surface area contributed by atoms with Crippen molar-refractivity contribution in [2.45, 2.75) is 13.0 Å². The van der Waals surface area contributed by atoms with Crippen LogP contribution < -0.4 is 5.56 Å². The minimum atomic E-state index is -0.000400. The highest BCUT2D eigenvalue weighted by atomic mass is 16.1. The van der Waals surface area contributed by atoms with Crippen LogP contribution in [0.1, 0.15) is 16.7 Å². The number of H-pyrrole nitrogens is 1. The number of nitrogens with one attached hydrogen (secondary N) is 1. The molecule has 2 aromatic carbocycles. The third kappa shape index (κ3) is 1.97. The van der Waals surface area contributed by atoms with Gasteiger partial charge in [-0.1, -0.05) is 36.4 Å². The second kappa shape index (κ2) is 4.82. The van der Waals surface area contributed by atoms with Gasteiger partial charge in [-0.2, -0.15) is 0 Å². The molecule has 0 spiro atoms. The molecule has 1 N–H and O–H groups in total. The second-order valence-corrected chi connectivity index (χ2v) is 6.26. The fourth-order valence-electron chi connectivity index (χ4n) is 3.44. The number of aromatic amines is 1. The van der Waals surface area contributed by atoms with Crippen molar-refractivity contribution in [1.29, 1.82) is 0 Å². The largest absolute Gasteiger partial charge is 0.321 e. The van der Waals surface area contributed by atoms with Gasteiger partial charge >= 0.3 is 0 Å². The van der Waals surface area contributed by atoms with E-state index in [1.165, 1.54) is 22.3 Å². The third-order valence-electron chi connectivity index (χ3n) is 4.34. The number of nitrogens with zero attached hydrogens (tertiary/aromatic N) is 1. The van der Waals surface area contributed by atoms with Crippen molar-refractivity contribution in [2.75, 3.05) is 14.1 Å². The molecular weight excluding hydrogens is 272 g/mol. The molecule has 0 saturated heterocycles. The molecule has 0 unspecified atom stereocenters. The molecule has 0 aliphatic heterocycles. The van der Waals surface area contributed by atoms with E-state index < -0.39 is 0 Å². The molecule has 3 heteroatoms. The zero-order valence-corrected chi connectivity index (χ0v) is 12.8. The average Bonchev–Trinajstić information content (AvgIpc) is 2.85. The Balaban J connectivity index is 1.91. The van der Waals surface area contributed by atoms with Crippen LogP contribution in [0.25, 0.3) is 22.0 Å². The Hall–Kier alpha value is -2.39. The summed E-state index contributed by atoms with van der Waals surface area (Å²) in [5.41, 5.74) is 6.02. The highest BCUT2D eigenvalue weighted by Crippen LogP contribution is 2.38. The van der Waals surface area contributed by atoms with E-state index in [4.69, 9.17) is 0 Å². The quantitative estimate of drug-likeness (QED) is 0.615. The first-order chi connectivity index (χ1) is 10.6. The Morgan fingerprint density at radius 2 is 1.86 bits per heavy atom. The predicted octanol–water partition coefficient (Wildman–Crippen LogP) is 3.16. The zero-order chi connectivity index (χ0) is 15.3. The van der Waals surface area contributed by atoms with E-state index in [1.807, 2.05) is 18.2 Å². The Kier molecular flexibility index (Phi) is 2.91. The van der Waals surface area contributed by atoms with Crippen LogP contribution in [-0.2, 0) is 13.0 Å². The molecule has 0 atom stereocenters. The van der Waals surface area contributed by atoms with E-state index in [2.05, 4.69) is 48.2 Å². The molecule has 0 fully saturated rings. The molecule has 110 valence electrons. The summed E-state index contributed by atoms with van der Waals surface area (Å²) in [7, 11) is 4.15. The van der Waals surface area contributed by atoms with Crippen LogP contribution in [0.2, 0.25) is 0 Å². The Morgan fingerprint density at radius 3 is 2.64 bits per heavy atom. The van der Waals surface area contributed by atoms with Crippen molar-refractivity contribution in [3.05, 3.63) is 69.5 Å². The number of hydrogen-bond acceptors (Lipinski definition) is 2. The summed E-state index contributed by atoms with van der Waals surface area (Å²) in [6, 6.07) is 14.4. The lowest BCUT2D eigenvalue weighted by Gasteiger charge is -2.10. The van der Waals surface area contributed by atoms with Gasteiger partial charge in [-0.3, -0.25) is 4.79 Å². The maximum Gasteiger partial charge on any atom is 0.256 e. The number of rotatable bonds is 2. The number of fused-ring (bicyclic) bond motifs is 5. The lowest BCUT2D eigenvalue weighted by atomic mass is 10.0. The first-order valence-electron chi connectivity index (χ1n) is 7.54. The number of aromatic nitrogens is 1. The first kappa shape index (κ1) is 13.3. The van der Waals surface area contributed by atoms with Gasteiger partial charge in [0.1, 0.15) is 0 Å². The van der Waals surface area contributed by atoms with Crippen molar-refractivity contribution in [1.82, 2.24) is 9.88 Å². The Bertz CT molecular complexity index is 938. The van der Waals surface area contributed by atoms with Crippen LogP contribution in [-0.4, -0.2) is 24.0 Å². The average molecular weight is 290 g/mol. The van der Waals surface area contributed by atoms with E-state index >= 15 is 0 Å². The van der Waals surface area contributed by atoms with Crippen molar-refractivity contribution in [3.63, 3.8) is 0 Å². The van der Waals surface area contributed by atoms with Gasteiger partial charge in [-0.15, -0.1) is 0 Å². The molecule has 1 heterocycles. The normalized spacial score (nSPS) is 12.7. The number of hydrogen-bond donors (Lipinski definition) is 1. The fraction of sp³-hybridized carbons (Fsp3) is 0.211. The van der Waals surface area contributed by atoms with Gasteiger partial charge in [0.15, 0.2) is 0 Å². The SMILES string of the molecule is CN(C)Cc1ccc2c(c1)Cc1c-2[nH]c(=O)c2ccccc12. The van der Waals surface area contributed by atoms with E-state index in [0.717, 1.165) is 29.4 Å². The molecule has 1 aromatic heterocycles. The third-order valence-corrected chi connectivity index (χ3v) is 4.34. The lowest BCUT2D eigenvalue weighted by molar-refractivity contribution is 0.402. The summed E-state index contributed by atoms with van der Waals surface area (Å²) in [5.74, 6) is 0. The van der Waals surface area contributed by atoms with Crippen molar-refractivity contribution in [2.24, 2.45) is 0 Å². The monoisotopic (exact) mass is 290 g/mol. The maximum atomic E-state index is 12.3. The van der Waals surface area contributed by atoms with E-state index in [0.29, 0.717) is 0 Å². The molecule has 3 nitrogen and oxygen atoms in total. The van der Waals surface area contributed by atoms with Gasteiger partial charge in [0.25, 0.3) is 5.56 Å². The molecule has 0 radical (unpaired) electrons. The van der Waals surface area contributed by atoms with Crippen LogP contribution in [0.5, 0.6) is 0 Å². The molecule has 1 aliphatic carbocycles. The number of pyridine rings is 1. The topological polar surface area (TPSA) is 36.1 Å². The summed E-state index contributed by atoms with van der Waals surface area (Å²) < 4.78 is 0. The summed E-state index contributed by atoms with van der Waals surface area (Å²) in [5, 5.41) is 1.86. The summed E-state index contributed by atoms with van der Waals surface area (Å²) in [6.07, 6.45) is 0.892. The zero-order valence-electron chi connectivity index (χ0n) is 12.8. The lowest BCUT2D eigenvalue weighted by Crippen LogP contribution is -2.10. The number of benzene rings is 2.